The maximum atomic E-state index is 12.7. The van der Waals surface area contributed by atoms with Gasteiger partial charge in [0.2, 0.25) is 5.91 Å². The number of morpholine rings is 1. The van der Waals surface area contributed by atoms with Crippen molar-refractivity contribution in [3.8, 4) is 0 Å². The summed E-state index contributed by atoms with van der Waals surface area (Å²) in [7, 11) is 3.52. The number of amides is 2. The van der Waals surface area contributed by atoms with E-state index in [1.807, 2.05) is 11.9 Å². The van der Waals surface area contributed by atoms with E-state index in [0.717, 1.165) is 0 Å². The molecule has 1 N–H and O–H groups in total. The van der Waals surface area contributed by atoms with Gasteiger partial charge >= 0.3 is 0 Å². The second-order valence-electron chi connectivity index (χ2n) is 6.94. The number of fused-ring (bicyclic) bond motifs is 1. The number of rotatable bonds is 2. The molecule has 4 rings (SSSR count). The normalized spacial score (nSPS) is 22.4. The maximum Gasteiger partial charge on any atom is 0.274 e. The summed E-state index contributed by atoms with van der Waals surface area (Å²) in [6, 6.07) is 3.22. The summed E-state index contributed by atoms with van der Waals surface area (Å²) in [5.41, 5.74) is 0.654. The molecular formula is C17H20ClN5O3. The van der Waals surface area contributed by atoms with E-state index < -0.39 is 5.60 Å². The summed E-state index contributed by atoms with van der Waals surface area (Å²) in [5, 5.41) is 3.23. The van der Waals surface area contributed by atoms with Crippen LogP contribution in [-0.4, -0.2) is 83.0 Å². The van der Waals surface area contributed by atoms with E-state index in [4.69, 9.17) is 16.3 Å². The van der Waals surface area contributed by atoms with Gasteiger partial charge < -0.3 is 19.4 Å². The van der Waals surface area contributed by atoms with Crippen molar-refractivity contribution in [3.63, 3.8) is 0 Å². The smallest absolute Gasteiger partial charge is 0.274 e. The molecule has 26 heavy (non-hydrogen) atoms. The number of carbonyl (C=O) groups is 2. The number of aromatic nitrogens is 2. The first-order valence-corrected chi connectivity index (χ1v) is 8.78. The number of nitrogens with zero attached hydrogens (tertiary/aromatic N) is 4. The van der Waals surface area contributed by atoms with Crippen molar-refractivity contribution in [2.24, 2.45) is 0 Å². The average molecular weight is 378 g/mol. The van der Waals surface area contributed by atoms with Crippen LogP contribution >= 0.6 is 11.6 Å². The molecule has 4 heterocycles. The Bertz CT molecular complexity index is 876. The summed E-state index contributed by atoms with van der Waals surface area (Å²) >= 11 is 5.97. The van der Waals surface area contributed by atoms with Gasteiger partial charge in [0.25, 0.3) is 5.91 Å². The van der Waals surface area contributed by atoms with Crippen LogP contribution in [0.4, 0.5) is 0 Å². The predicted octanol–water partition coefficient (Wildman–Crippen LogP) is 0.259. The molecule has 2 aromatic heterocycles. The molecule has 0 unspecified atom stereocenters. The van der Waals surface area contributed by atoms with Crippen LogP contribution in [0, 0.1) is 0 Å². The van der Waals surface area contributed by atoms with Crippen molar-refractivity contribution >= 4 is 29.1 Å². The number of likely N-dealkylation sites (tertiary alicyclic amines) is 1. The number of ether oxygens (including phenoxy) is 1. The van der Waals surface area contributed by atoms with Crippen LogP contribution in [0.15, 0.2) is 24.5 Å². The molecule has 2 amide bonds. The summed E-state index contributed by atoms with van der Waals surface area (Å²) in [4.78, 5) is 32.6. The van der Waals surface area contributed by atoms with E-state index in [1.165, 1.54) is 0 Å². The Labute approximate surface area is 155 Å². The van der Waals surface area contributed by atoms with Gasteiger partial charge in [0.1, 0.15) is 23.0 Å². The van der Waals surface area contributed by atoms with Crippen LogP contribution in [0.2, 0.25) is 5.02 Å². The Morgan fingerprint density at radius 3 is 2.77 bits per heavy atom. The fraction of sp³-hybridized carbons (Fsp3) is 0.471. The van der Waals surface area contributed by atoms with Crippen molar-refractivity contribution < 1.29 is 14.3 Å². The molecule has 0 aliphatic carbocycles. The van der Waals surface area contributed by atoms with E-state index in [9.17, 15) is 9.59 Å². The minimum absolute atomic E-state index is 0.0574. The van der Waals surface area contributed by atoms with Crippen LogP contribution < -0.4 is 5.32 Å². The molecule has 1 spiro atoms. The SMILES string of the molecule is CNC(=O)[C@H]1COC2(CN(C(=O)c3cn4cc(Cl)ccc4n3)C2)CN1C. The Hall–Kier alpha value is -2.16. The van der Waals surface area contributed by atoms with Crippen molar-refractivity contribution in [2.45, 2.75) is 11.6 Å². The Morgan fingerprint density at radius 1 is 1.31 bits per heavy atom. The molecule has 0 saturated carbocycles. The molecule has 8 nitrogen and oxygen atoms in total. The van der Waals surface area contributed by atoms with Crippen molar-refractivity contribution in [3.05, 3.63) is 35.2 Å². The quantitative estimate of drug-likeness (QED) is 0.812. The first-order valence-electron chi connectivity index (χ1n) is 8.40. The lowest BCUT2D eigenvalue weighted by atomic mass is 9.90. The Kier molecular flexibility index (Phi) is 4.13. The largest absolute Gasteiger partial charge is 0.368 e. The molecule has 138 valence electrons. The molecule has 2 aliphatic heterocycles. The van der Waals surface area contributed by atoms with Crippen LogP contribution in [0.3, 0.4) is 0 Å². The third-order valence-corrected chi connectivity index (χ3v) is 5.27. The molecule has 0 aromatic carbocycles. The standard InChI is InChI=1S/C17H20ClN5O3/c1-19-15(24)13-7-26-17(8-21(13)2)9-23(10-17)16(25)12-6-22-5-11(18)3-4-14(22)20-12/h3-6,13H,7-10H2,1-2H3,(H,19,24)/t13-/m1/s1. The minimum atomic E-state index is -0.405. The number of hydrogen-bond donors (Lipinski definition) is 1. The number of nitrogens with one attached hydrogen (secondary N) is 1. The zero-order valence-corrected chi connectivity index (χ0v) is 15.4. The molecule has 0 bridgehead atoms. The Balaban J connectivity index is 1.42. The summed E-state index contributed by atoms with van der Waals surface area (Å²) in [5.74, 6) is -0.187. The molecule has 2 aromatic rings. The second kappa shape index (κ2) is 6.22. The fourth-order valence-electron chi connectivity index (χ4n) is 3.65. The highest BCUT2D eigenvalue weighted by atomic mass is 35.5. The number of imidazole rings is 1. The first-order chi connectivity index (χ1) is 12.4. The molecule has 2 fully saturated rings. The van der Waals surface area contributed by atoms with Gasteiger partial charge in [-0.25, -0.2) is 4.98 Å². The lowest BCUT2D eigenvalue weighted by molar-refractivity contribution is -0.187. The second-order valence-corrected chi connectivity index (χ2v) is 7.38. The van der Waals surface area contributed by atoms with Crippen molar-refractivity contribution in [1.82, 2.24) is 24.5 Å². The van der Waals surface area contributed by atoms with Crippen LogP contribution in [0.25, 0.3) is 5.65 Å². The molecule has 2 aliphatic rings. The van der Waals surface area contributed by atoms with Crippen LogP contribution in [0.1, 0.15) is 10.5 Å². The zero-order valence-electron chi connectivity index (χ0n) is 14.6. The van der Waals surface area contributed by atoms with E-state index >= 15 is 0 Å². The third kappa shape index (κ3) is 2.84. The fourth-order valence-corrected chi connectivity index (χ4v) is 3.82. The van der Waals surface area contributed by atoms with Gasteiger partial charge in [0, 0.05) is 26.0 Å². The predicted molar refractivity (Wildman–Crippen MR) is 95.3 cm³/mol. The highest BCUT2D eigenvalue weighted by Gasteiger charge is 2.51. The van der Waals surface area contributed by atoms with E-state index in [1.54, 1.807) is 40.9 Å². The van der Waals surface area contributed by atoms with Crippen LogP contribution in [0.5, 0.6) is 0 Å². The lowest BCUT2D eigenvalue weighted by Crippen LogP contribution is -2.73. The zero-order chi connectivity index (χ0) is 18.5. The van der Waals surface area contributed by atoms with Gasteiger partial charge in [-0.3, -0.25) is 14.5 Å². The Morgan fingerprint density at radius 2 is 2.08 bits per heavy atom. The highest BCUT2D eigenvalue weighted by Crippen LogP contribution is 2.31. The number of carbonyl (C=O) groups excluding carboxylic acids is 2. The lowest BCUT2D eigenvalue weighted by Gasteiger charge is -2.54. The van der Waals surface area contributed by atoms with Gasteiger partial charge in [-0.05, 0) is 19.2 Å². The van der Waals surface area contributed by atoms with Crippen molar-refractivity contribution in [1.29, 1.82) is 0 Å². The summed E-state index contributed by atoms with van der Waals surface area (Å²) in [6.07, 6.45) is 3.40. The monoisotopic (exact) mass is 377 g/mol. The highest BCUT2D eigenvalue weighted by molar-refractivity contribution is 6.30. The van der Waals surface area contributed by atoms with Gasteiger partial charge in [-0.2, -0.15) is 0 Å². The van der Waals surface area contributed by atoms with E-state index in [2.05, 4.69) is 10.3 Å². The number of hydrogen-bond acceptors (Lipinski definition) is 5. The third-order valence-electron chi connectivity index (χ3n) is 5.05. The minimum Gasteiger partial charge on any atom is -0.368 e. The molecule has 9 heteroatoms. The number of pyridine rings is 1. The number of halogens is 1. The summed E-state index contributed by atoms with van der Waals surface area (Å²) < 4.78 is 7.70. The molecule has 0 radical (unpaired) electrons. The number of likely N-dealkylation sites (N-methyl/N-ethyl adjacent to an activating group) is 2. The van der Waals surface area contributed by atoms with Gasteiger partial charge in [-0.15, -0.1) is 0 Å². The van der Waals surface area contributed by atoms with E-state index in [0.29, 0.717) is 42.6 Å². The van der Waals surface area contributed by atoms with Crippen LogP contribution in [-0.2, 0) is 9.53 Å². The van der Waals surface area contributed by atoms with E-state index in [-0.39, 0.29) is 17.9 Å². The van der Waals surface area contributed by atoms with Crippen molar-refractivity contribution in [2.75, 3.05) is 40.3 Å². The molecular weight excluding hydrogens is 358 g/mol. The molecule has 2 saturated heterocycles. The average Bonchev–Trinajstić information content (AvgIpc) is 3.01. The van der Waals surface area contributed by atoms with Gasteiger partial charge in [-0.1, -0.05) is 11.6 Å². The maximum absolute atomic E-state index is 12.7. The van der Waals surface area contributed by atoms with Gasteiger partial charge in [0.15, 0.2) is 0 Å². The molecule has 1 atom stereocenters. The topological polar surface area (TPSA) is 79.2 Å². The van der Waals surface area contributed by atoms with Gasteiger partial charge in [0.05, 0.1) is 24.7 Å². The summed E-state index contributed by atoms with van der Waals surface area (Å²) in [6.45, 7) is 1.91. The first kappa shape index (κ1) is 17.3.